The summed E-state index contributed by atoms with van der Waals surface area (Å²) >= 11 is 0. The molecule has 3 amide bonds. The van der Waals surface area contributed by atoms with E-state index in [9.17, 15) is 19.2 Å². The van der Waals surface area contributed by atoms with Crippen LogP contribution in [0.1, 0.15) is 34.0 Å². The number of rotatable bonds is 6. The molecule has 30 heavy (non-hydrogen) atoms. The molecule has 1 saturated heterocycles. The molecule has 3 rings (SSSR count). The molecule has 0 saturated carbocycles. The van der Waals surface area contributed by atoms with E-state index in [0.717, 1.165) is 10.5 Å². The molecule has 8 nitrogen and oxygen atoms in total. The number of urea groups is 1. The first-order valence-electron chi connectivity index (χ1n) is 9.28. The van der Waals surface area contributed by atoms with Crippen molar-refractivity contribution >= 4 is 23.9 Å². The number of imide groups is 1. The van der Waals surface area contributed by atoms with Crippen LogP contribution >= 0.6 is 0 Å². The maximum atomic E-state index is 12.9. The quantitative estimate of drug-likeness (QED) is 0.579. The Balaban J connectivity index is 1.64. The summed E-state index contributed by atoms with van der Waals surface area (Å²) in [7, 11) is 1.28. The van der Waals surface area contributed by atoms with E-state index in [1.807, 2.05) is 19.1 Å². The van der Waals surface area contributed by atoms with E-state index in [-0.39, 0.29) is 6.61 Å². The Hall–Kier alpha value is -3.68. The normalized spacial score (nSPS) is 18.2. The standard InChI is InChI=1S/C22H22N2O6/c1-14-7-9-17(10-8-14)22(2)20(27)24(21(28)23-22)12-18(25)30-13-15-5-4-6-16(11-15)19(26)29-3/h4-11H,12-13H2,1-3H3,(H,23,28)/t22-/m0/s1. The molecule has 2 aromatic rings. The fraction of sp³-hybridized carbons (Fsp3) is 0.273. The molecule has 1 atom stereocenters. The molecular formula is C22H22N2O6. The molecule has 0 spiro atoms. The van der Waals surface area contributed by atoms with Crippen LogP contribution in [0.3, 0.4) is 0 Å². The Kier molecular flexibility index (Phi) is 5.86. The summed E-state index contributed by atoms with van der Waals surface area (Å²) in [6.07, 6.45) is 0. The van der Waals surface area contributed by atoms with E-state index in [2.05, 4.69) is 10.1 Å². The number of carbonyl (C=O) groups excluding carboxylic acids is 4. The number of nitrogens with zero attached hydrogens (tertiary/aromatic N) is 1. The number of amides is 3. The van der Waals surface area contributed by atoms with Crippen molar-refractivity contribution in [3.8, 4) is 0 Å². The highest BCUT2D eigenvalue weighted by molar-refractivity contribution is 6.08. The van der Waals surface area contributed by atoms with Gasteiger partial charge in [-0.3, -0.25) is 14.5 Å². The number of nitrogens with one attached hydrogen (secondary N) is 1. The zero-order valence-corrected chi connectivity index (χ0v) is 16.9. The van der Waals surface area contributed by atoms with Gasteiger partial charge in [-0.25, -0.2) is 9.59 Å². The molecule has 8 heteroatoms. The second-order valence-electron chi connectivity index (χ2n) is 7.17. The second-order valence-corrected chi connectivity index (χ2v) is 7.17. The van der Waals surface area contributed by atoms with Crippen LogP contribution in [0.25, 0.3) is 0 Å². The largest absolute Gasteiger partial charge is 0.465 e. The van der Waals surface area contributed by atoms with Gasteiger partial charge in [0.2, 0.25) is 0 Å². The van der Waals surface area contributed by atoms with E-state index >= 15 is 0 Å². The number of aryl methyl sites for hydroxylation is 1. The molecular weight excluding hydrogens is 388 g/mol. The summed E-state index contributed by atoms with van der Waals surface area (Å²) in [5, 5.41) is 2.65. The van der Waals surface area contributed by atoms with Gasteiger partial charge in [-0.15, -0.1) is 0 Å². The minimum Gasteiger partial charge on any atom is -0.465 e. The van der Waals surface area contributed by atoms with Crippen molar-refractivity contribution in [1.29, 1.82) is 0 Å². The molecule has 1 heterocycles. The van der Waals surface area contributed by atoms with E-state index in [4.69, 9.17) is 4.74 Å². The number of ether oxygens (including phenoxy) is 2. The summed E-state index contributed by atoms with van der Waals surface area (Å²) in [5.74, 6) is -1.77. The predicted molar refractivity (Wildman–Crippen MR) is 106 cm³/mol. The molecule has 2 aromatic carbocycles. The zero-order chi connectivity index (χ0) is 21.9. The molecule has 1 N–H and O–H groups in total. The number of hydrogen-bond donors (Lipinski definition) is 1. The average Bonchev–Trinajstić information content (AvgIpc) is 2.96. The van der Waals surface area contributed by atoms with Crippen molar-refractivity contribution in [1.82, 2.24) is 10.2 Å². The lowest BCUT2D eigenvalue weighted by Gasteiger charge is -2.22. The molecule has 0 aromatic heterocycles. The van der Waals surface area contributed by atoms with Gasteiger partial charge in [0.1, 0.15) is 18.7 Å². The number of hydrogen-bond acceptors (Lipinski definition) is 6. The highest BCUT2D eigenvalue weighted by atomic mass is 16.5. The Labute approximate surface area is 173 Å². The predicted octanol–water partition coefficient (Wildman–Crippen LogP) is 2.29. The van der Waals surface area contributed by atoms with Crippen molar-refractivity contribution in [2.75, 3.05) is 13.7 Å². The van der Waals surface area contributed by atoms with Crippen LogP contribution in [0.15, 0.2) is 48.5 Å². The van der Waals surface area contributed by atoms with Gasteiger partial charge in [0.05, 0.1) is 12.7 Å². The zero-order valence-electron chi connectivity index (χ0n) is 16.9. The lowest BCUT2D eigenvalue weighted by atomic mass is 9.91. The van der Waals surface area contributed by atoms with Crippen LogP contribution in [-0.2, 0) is 31.2 Å². The lowest BCUT2D eigenvalue weighted by Crippen LogP contribution is -2.41. The Morgan fingerprint density at radius 2 is 1.80 bits per heavy atom. The van der Waals surface area contributed by atoms with E-state index < -0.39 is 36.0 Å². The van der Waals surface area contributed by atoms with Gasteiger partial charge in [-0.05, 0) is 37.1 Å². The summed E-state index contributed by atoms with van der Waals surface area (Å²) < 4.78 is 9.84. The molecule has 0 bridgehead atoms. The molecule has 0 unspecified atom stereocenters. The third kappa shape index (κ3) is 4.17. The monoisotopic (exact) mass is 410 g/mol. The summed E-state index contributed by atoms with van der Waals surface area (Å²) in [5.41, 5.74) is 1.31. The number of methoxy groups -OCH3 is 1. The SMILES string of the molecule is COC(=O)c1cccc(COC(=O)CN2C(=O)N[C@@](C)(c3ccc(C)cc3)C2=O)c1. The van der Waals surface area contributed by atoms with Crippen molar-refractivity contribution < 1.29 is 28.7 Å². The van der Waals surface area contributed by atoms with Crippen molar-refractivity contribution in [2.24, 2.45) is 0 Å². The Morgan fingerprint density at radius 3 is 2.47 bits per heavy atom. The van der Waals surface area contributed by atoms with E-state index in [1.54, 1.807) is 43.3 Å². The molecule has 0 aliphatic carbocycles. The topological polar surface area (TPSA) is 102 Å². The number of esters is 2. The van der Waals surface area contributed by atoms with Crippen LogP contribution in [-0.4, -0.2) is 42.4 Å². The molecule has 0 radical (unpaired) electrons. The minimum atomic E-state index is -1.25. The van der Waals surface area contributed by atoms with Gasteiger partial charge < -0.3 is 14.8 Å². The first-order valence-corrected chi connectivity index (χ1v) is 9.28. The Morgan fingerprint density at radius 1 is 1.10 bits per heavy atom. The Bertz CT molecular complexity index is 1000. The van der Waals surface area contributed by atoms with Gasteiger partial charge in [-0.1, -0.05) is 42.0 Å². The van der Waals surface area contributed by atoms with Crippen LogP contribution in [0.4, 0.5) is 4.79 Å². The summed E-state index contributed by atoms with van der Waals surface area (Å²) in [6, 6.07) is 13.0. The first kappa shape index (κ1) is 21.0. The first-order chi connectivity index (χ1) is 14.2. The lowest BCUT2D eigenvalue weighted by molar-refractivity contribution is -0.148. The van der Waals surface area contributed by atoms with Crippen LogP contribution in [0.2, 0.25) is 0 Å². The van der Waals surface area contributed by atoms with Crippen molar-refractivity contribution in [3.63, 3.8) is 0 Å². The van der Waals surface area contributed by atoms with Crippen LogP contribution in [0.5, 0.6) is 0 Å². The smallest absolute Gasteiger partial charge is 0.337 e. The van der Waals surface area contributed by atoms with E-state index in [1.165, 1.54) is 7.11 Å². The number of benzene rings is 2. The molecule has 1 aliphatic heterocycles. The maximum absolute atomic E-state index is 12.9. The molecule has 156 valence electrons. The fourth-order valence-electron chi connectivity index (χ4n) is 3.17. The maximum Gasteiger partial charge on any atom is 0.337 e. The molecule has 1 fully saturated rings. The average molecular weight is 410 g/mol. The fourth-order valence-corrected chi connectivity index (χ4v) is 3.17. The highest BCUT2D eigenvalue weighted by Crippen LogP contribution is 2.29. The third-order valence-corrected chi connectivity index (χ3v) is 4.94. The van der Waals surface area contributed by atoms with E-state index in [0.29, 0.717) is 16.7 Å². The van der Waals surface area contributed by atoms with Gasteiger partial charge in [-0.2, -0.15) is 0 Å². The van der Waals surface area contributed by atoms with Gasteiger partial charge in [0.15, 0.2) is 0 Å². The van der Waals surface area contributed by atoms with Gasteiger partial charge in [0, 0.05) is 0 Å². The second kappa shape index (κ2) is 8.36. The third-order valence-electron chi connectivity index (χ3n) is 4.94. The molecule has 1 aliphatic rings. The van der Waals surface area contributed by atoms with Crippen molar-refractivity contribution in [3.05, 3.63) is 70.8 Å². The van der Waals surface area contributed by atoms with Crippen LogP contribution in [0, 0.1) is 6.92 Å². The number of carbonyl (C=O) groups is 4. The summed E-state index contributed by atoms with van der Waals surface area (Å²) in [4.78, 5) is 49.9. The van der Waals surface area contributed by atoms with Crippen molar-refractivity contribution in [2.45, 2.75) is 26.0 Å². The van der Waals surface area contributed by atoms with Crippen LogP contribution < -0.4 is 5.32 Å². The summed E-state index contributed by atoms with van der Waals surface area (Å²) in [6.45, 7) is 2.90. The van der Waals surface area contributed by atoms with Gasteiger partial charge in [0.25, 0.3) is 5.91 Å². The van der Waals surface area contributed by atoms with Gasteiger partial charge >= 0.3 is 18.0 Å². The highest BCUT2D eigenvalue weighted by Gasteiger charge is 2.49. The minimum absolute atomic E-state index is 0.109.